The molecule has 0 saturated heterocycles. The highest BCUT2D eigenvalue weighted by atomic mass is 19.1. The molecule has 0 spiro atoms. The summed E-state index contributed by atoms with van der Waals surface area (Å²) in [6.45, 7) is 1.95. The van der Waals surface area contributed by atoms with E-state index in [1.807, 2.05) is 19.1 Å². The van der Waals surface area contributed by atoms with Crippen LogP contribution < -0.4 is 0 Å². The summed E-state index contributed by atoms with van der Waals surface area (Å²) in [5.41, 5.74) is 3.32. The van der Waals surface area contributed by atoms with Gasteiger partial charge in [-0.15, -0.1) is 0 Å². The van der Waals surface area contributed by atoms with Gasteiger partial charge < -0.3 is 0 Å². The van der Waals surface area contributed by atoms with Gasteiger partial charge in [0.25, 0.3) is 0 Å². The van der Waals surface area contributed by atoms with E-state index in [9.17, 15) is 4.39 Å². The van der Waals surface area contributed by atoms with Gasteiger partial charge in [-0.25, -0.2) is 4.39 Å². The molecular formula is C14H10FN. The Bertz CT molecular complexity index is 567. The van der Waals surface area contributed by atoms with E-state index in [1.165, 1.54) is 12.1 Å². The van der Waals surface area contributed by atoms with Crippen molar-refractivity contribution in [3.63, 3.8) is 0 Å². The lowest BCUT2D eigenvalue weighted by molar-refractivity contribution is 0.628. The van der Waals surface area contributed by atoms with E-state index in [0.717, 1.165) is 16.7 Å². The van der Waals surface area contributed by atoms with Crippen LogP contribution in [0, 0.1) is 24.1 Å². The van der Waals surface area contributed by atoms with Crippen molar-refractivity contribution in [3.05, 3.63) is 59.4 Å². The summed E-state index contributed by atoms with van der Waals surface area (Å²) in [4.78, 5) is 0. The van der Waals surface area contributed by atoms with Crippen LogP contribution in [0.15, 0.2) is 42.5 Å². The summed E-state index contributed by atoms with van der Waals surface area (Å²) in [5, 5.41) is 8.83. The first-order valence-corrected chi connectivity index (χ1v) is 4.97. The predicted molar refractivity (Wildman–Crippen MR) is 61.3 cm³/mol. The largest absolute Gasteiger partial charge is 0.207 e. The number of nitrogens with zero attached hydrogens (tertiary/aromatic N) is 1. The van der Waals surface area contributed by atoms with Crippen LogP contribution >= 0.6 is 0 Å². The van der Waals surface area contributed by atoms with Crippen LogP contribution in [-0.2, 0) is 0 Å². The molecule has 2 heteroatoms. The maximum absolute atomic E-state index is 13.1. The average molecular weight is 211 g/mol. The molecule has 2 rings (SSSR count). The number of hydrogen-bond acceptors (Lipinski definition) is 1. The molecule has 0 amide bonds. The quantitative estimate of drug-likeness (QED) is 0.706. The van der Waals surface area contributed by atoms with Crippen LogP contribution in [0.1, 0.15) is 11.1 Å². The molecule has 2 aromatic rings. The van der Waals surface area contributed by atoms with Crippen molar-refractivity contribution in [1.29, 1.82) is 5.26 Å². The summed E-state index contributed by atoms with van der Waals surface area (Å²) in [7, 11) is 0. The molecule has 0 bridgehead atoms. The molecule has 0 aliphatic rings. The molecule has 16 heavy (non-hydrogen) atoms. The average Bonchev–Trinajstić information content (AvgIpc) is 2.30. The van der Waals surface area contributed by atoms with Crippen LogP contribution in [0.3, 0.4) is 0 Å². The molecule has 0 aromatic heterocycles. The maximum Gasteiger partial charge on any atom is 0.123 e. The summed E-state index contributed by atoms with van der Waals surface area (Å²) >= 11 is 0. The zero-order valence-electron chi connectivity index (χ0n) is 8.87. The van der Waals surface area contributed by atoms with Gasteiger partial charge in [0.1, 0.15) is 5.82 Å². The highest BCUT2D eigenvalue weighted by Crippen LogP contribution is 2.24. The second-order valence-corrected chi connectivity index (χ2v) is 3.65. The van der Waals surface area contributed by atoms with Crippen LogP contribution in [-0.4, -0.2) is 0 Å². The maximum atomic E-state index is 13.1. The Morgan fingerprint density at radius 2 is 1.94 bits per heavy atom. The van der Waals surface area contributed by atoms with Crippen molar-refractivity contribution in [2.75, 3.05) is 0 Å². The van der Waals surface area contributed by atoms with E-state index in [-0.39, 0.29) is 5.82 Å². The van der Waals surface area contributed by atoms with Gasteiger partial charge in [0.2, 0.25) is 0 Å². The van der Waals surface area contributed by atoms with Gasteiger partial charge in [0, 0.05) is 0 Å². The molecule has 78 valence electrons. The number of aryl methyl sites for hydroxylation is 1. The number of halogens is 1. The molecule has 0 atom stereocenters. The van der Waals surface area contributed by atoms with Crippen LogP contribution in [0.5, 0.6) is 0 Å². The summed E-state index contributed by atoms with van der Waals surface area (Å²) < 4.78 is 13.1. The van der Waals surface area contributed by atoms with E-state index >= 15 is 0 Å². The standard InChI is InChI=1S/C14H10FN/c1-10-5-6-11(9-16)7-14(10)12-3-2-4-13(15)8-12/h2-8H,1H3. The molecule has 0 radical (unpaired) electrons. The van der Waals surface area contributed by atoms with Crippen LogP contribution in [0.2, 0.25) is 0 Å². The lowest BCUT2D eigenvalue weighted by Crippen LogP contribution is -1.86. The van der Waals surface area contributed by atoms with Gasteiger partial charge in [-0.3, -0.25) is 0 Å². The van der Waals surface area contributed by atoms with Crippen molar-refractivity contribution in [3.8, 4) is 17.2 Å². The molecule has 0 fully saturated rings. The molecular weight excluding hydrogens is 201 g/mol. The smallest absolute Gasteiger partial charge is 0.123 e. The molecule has 0 N–H and O–H groups in total. The Balaban J connectivity index is 2.60. The first-order chi connectivity index (χ1) is 7.70. The topological polar surface area (TPSA) is 23.8 Å². The minimum Gasteiger partial charge on any atom is -0.207 e. The normalized spacial score (nSPS) is 9.81. The Labute approximate surface area is 93.8 Å². The molecule has 1 nitrogen and oxygen atoms in total. The van der Waals surface area contributed by atoms with E-state index in [4.69, 9.17) is 5.26 Å². The fraction of sp³-hybridized carbons (Fsp3) is 0.0714. The highest BCUT2D eigenvalue weighted by molar-refractivity contribution is 5.68. The fourth-order valence-electron chi connectivity index (χ4n) is 1.66. The summed E-state index contributed by atoms with van der Waals surface area (Å²) in [6, 6.07) is 13.9. The van der Waals surface area contributed by atoms with Crippen LogP contribution in [0.25, 0.3) is 11.1 Å². The lowest BCUT2D eigenvalue weighted by Gasteiger charge is -2.06. The van der Waals surface area contributed by atoms with Gasteiger partial charge >= 0.3 is 0 Å². The number of benzene rings is 2. The van der Waals surface area contributed by atoms with Gasteiger partial charge in [-0.2, -0.15) is 5.26 Å². The van der Waals surface area contributed by atoms with E-state index in [2.05, 4.69) is 6.07 Å². The zero-order valence-corrected chi connectivity index (χ0v) is 8.87. The van der Waals surface area contributed by atoms with E-state index in [1.54, 1.807) is 18.2 Å². The first-order valence-electron chi connectivity index (χ1n) is 4.97. The predicted octanol–water partition coefficient (Wildman–Crippen LogP) is 3.67. The third kappa shape index (κ3) is 1.94. The lowest BCUT2D eigenvalue weighted by atomic mass is 9.98. The second-order valence-electron chi connectivity index (χ2n) is 3.65. The fourth-order valence-corrected chi connectivity index (χ4v) is 1.66. The first kappa shape index (κ1) is 10.4. The Morgan fingerprint density at radius 3 is 2.62 bits per heavy atom. The molecule has 2 aromatic carbocycles. The summed E-state index contributed by atoms with van der Waals surface area (Å²) in [5.74, 6) is -0.265. The van der Waals surface area contributed by atoms with Gasteiger partial charge in [-0.1, -0.05) is 18.2 Å². The monoisotopic (exact) mass is 211 g/mol. The minimum absolute atomic E-state index is 0.265. The van der Waals surface area contributed by atoms with Gasteiger partial charge in [0.05, 0.1) is 11.6 Å². The molecule has 0 aliphatic carbocycles. The third-order valence-corrected chi connectivity index (χ3v) is 2.50. The minimum atomic E-state index is -0.265. The number of hydrogen-bond donors (Lipinski definition) is 0. The third-order valence-electron chi connectivity index (χ3n) is 2.50. The molecule has 0 aliphatic heterocycles. The Hall–Kier alpha value is -2.14. The van der Waals surface area contributed by atoms with E-state index in [0.29, 0.717) is 5.56 Å². The molecule has 0 heterocycles. The second kappa shape index (κ2) is 4.16. The summed E-state index contributed by atoms with van der Waals surface area (Å²) in [6.07, 6.45) is 0. The highest BCUT2D eigenvalue weighted by Gasteiger charge is 2.04. The SMILES string of the molecule is Cc1ccc(C#N)cc1-c1cccc(F)c1. The van der Waals surface area contributed by atoms with E-state index < -0.39 is 0 Å². The molecule has 0 unspecified atom stereocenters. The zero-order chi connectivity index (χ0) is 11.5. The number of rotatable bonds is 1. The van der Waals surface area contributed by atoms with Gasteiger partial charge in [0.15, 0.2) is 0 Å². The van der Waals surface area contributed by atoms with Crippen molar-refractivity contribution in [2.24, 2.45) is 0 Å². The molecule has 0 saturated carbocycles. The van der Waals surface area contributed by atoms with Crippen molar-refractivity contribution < 1.29 is 4.39 Å². The van der Waals surface area contributed by atoms with Crippen molar-refractivity contribution >= 4 is 0 Å². The number of nitriles is 1. The van der Waals surface area contributed by atoms with Crippen LogP contribution in [0.4, 0.5) is 4.39 Å². The van der Waals surface area contributed by atoms with Crippen molar-refractivity contribution in [1.82, 2.24) is 0 Å². The van der Waals surface area contributed by atoms with Gasteiger partial charge in [-0.05, 0) is 47.9 Å². The Morgan fingerprint density at radius 1 is 1.12 bits per heavy atom. The Kier molecular flexibility index (Phi) is 2.70. The van der Waals surface area contributed by atoms with Crippen molar-refractivity contribution in [2.45, 2.75) is 6.92 Å².